The second kappa shape index (κ2) is 7.67. The molecule has 3 heterocycles. The van der Waals surface area contributed by atoms with Crippen LogP contribution in [-0.4, -0.2) is 34.6 Å². The number of aryl methyl sites for hydroxylation is 1. The number of halogens is 2. The molecule has 0 aliphatic carbocycles. The molecule has 0 atom stereocenters. The SMILES string of the molecule is CCc1sc2[nH]c(=O)n(C3CCN(C)CC3)c(=O)c2c1-c1ccc(Cl)c(Cl)c1. The average molecular weight is 438 g/mol. The highest BCUT2D eigenvalue weighted by Crippen LogP contribution is 2.38. The summed E-state index contributed by atoms with van der Waals surface area (Å²) in [6.45, 7) is 3.79. The maximum Gasteiger partial charge on any atom is 0.329 e. The average Bonchev–Trinajstić information content (AvgIpc) is 3.04. The van der Waals surface area contributed by atoms with Gasteiger partial charge >= 0.3 is 5.69 Å². The molecule has 1 N–H and O–H groups in total. The standard InChI is InChI=1S/C20H21Cl2N3O2S/c1-3-15-16(11-4-5-13(21)14(22)10-11)17-18(28-15)23-20(27)25(19(17)26)12-6-8-24(2)9-7-12/h4-5,10,12H,3,6-9H2,1-2H3,(H,23,27). The van der Waals surface area contributed by atoms with Gasteiger partial charge in [-0.2, -0.15) is 0 Å². The largest absolute Gasteiger partial charge is 0.329 e. The zero-order chi connectivity index (χ0) is 20.0. The van der Waals surface area contributed by atoms with Crippen molar-refractivity contribution >= 4 is 44.8 Å². The van der Waals surface area contributed by atoms with E-state index in [0.29, 0.717) is 20.3 Å². The summed E-state index contributed by atoms with van der Waals surface area (Å²) in [6, 6.07) is 5.32. The Morgan fingerprint density at radius 3 is 2.54 bits per heavy atom. The Morgan fingerprint density at radius 1 is 1.18 bits per heavy atom. The number of aromatic amines is 1. The second-order valence-corrected chi connectivity index (χ2v) is 9.15. The Bertz CT molecular complexity index is 1160. The lowest BCUT2D eigenvalue weighted by Crippen LogP contribution is -2.42. The Hall–Kier alpha value is -1.60. The van der Waals surface area contributed by atoms with Gasteiger partial charge in [-0.25, -0.2) is 4.79 Å². The molecule has 0 saturated carbocycles. The summed E-state index contributed by atoms with van der Waals surface area (Å²) in [5, 5.41) is 1.49. The van der Waals surface area contributed by atoms with Gasteiger partial charge in [-0.3, -0.25) is 14.3 Å². The van der Waals surface area contributed by atoms with Crippen LogP contribution in [0.4, 0.5) is 0 Å². The Morgan fingerprint density at radius 2 is 1.89 bits per heavy atom. The van der Waals surface area contributed by atoms with Crippen LogP contribution in [0.3, 0.4) is 0 Å². The predicted molar refractivity (Wildman–Crippen MR) is 117 cm³/mol. The topological polar surface area (TPSA) is 58.1 Å². The Balaban J connectivity index is 1.97. The number of nitrogens with zero attached hydrogens (tertiary/aromatic N) is 2. The molecule has 1 saturated heterocycles. The van der Waals surface area contributed by atoms with Crippen molar-refractivity contribution in [2.24, 2.45) is 0 Å². The summed E-state index contributed by atoms with van der Waals surface area (Å²) >= 11 is 13.8. The molecule has 0 spiro atoms. The molecular formula is C20H21Cl2N3O2S. The van der Waals surface area contributed by atoms with E-state index >= 15 is 0 Å². The molecule has 1 aliphatic heterocycles. The highest BCUT2D eigenvalue weighted by atomic mass is 35.5. The molecule has 1 aliphatic rings. The van der Waals surface area contributed by atoms with E-state index in [9.17, 15) is 9.59 Å². The minimum atomic E-state index is -0.323. The number of nitrogens with one attached hydrogen (secondary N) is 1. The fourth-order valence-corrected chi connectivity index (χ4v) is 5.37. The van der Waals surface area contributed by atoms with Crippen LogP contribution in [0, 0.1) is 0 Å². The monoisotopic (exact) mass is 437 g/mol. The van der Waals surface area contributed by atoms with E-state index in [1.807, 2.05) is 13.0 Å². The van der Waals surface area contributed by atoms with Crippen LogP contribution in [0.25, 0.3) is 21.3 Å². The van der Waals surface area contributed by atoms with Crippen LogP contribution >= 0.6 is 34.5 Å². The van der Waals surface area contributed by atoms with Crippen molar-refractivity contribution < 1.29 is 0 Å². The second-order valence-electron chi connectivity index (χ2n) is 7.23. The lowest BCUT2D eigenvalue weighted by Gasteiger charge is -2.29. The normalized spacial score (nSPS) is 16.1. The fourth-order valence-electron chi connectivity index (χ4n) is 3.93. The van der Waals surface area contributed by atoms with Crippen LogP contribution in [0.5, 0.6) is 0 Å². The van der Waals surface area contributed by atoms with Gasteiger partial charge in [0.2, 0.25) is 0 Å². The fraction of sp³-hybridized carbons (Fsp3) is 0.400. The Kier molecular flexibility index (Phi) is 5.40. The van der Waals surface area contributed by atoms with E-state index in [1.54, 1.807) is 12.1 Å². The number of piperidine rings is 1. The van der Waals surface area contributed by atoms with Gasteiger partial charge in [0.15, 0.2) is 0 Å². The van der Waals surface area contributed by atoms with E-state index in [1.165, 1.54) is 15.9 Å². The van der Waals surface area contributed by atoms with Gasteiger partial charge in [0.25, 0.3) is 5.56 Å². The zero-order valence-corrected chi connectivity index (χ0v) is 18.0. The first-order chi connectivity index (χ1) is 13.4. The third-order valence-corrected chi connectivity index (χ3v) is 7.42. The van der Waals surface area contributed by atoms with Crippen molar-refractivity contribution in [3.05, 3.63) is 54.0 Å². The quantitative estimate of drug-likeness (QED) is 0.653. The third kappa shape index (κ3) is 3.32. The summed E-state index contributed by atoms with van der Waals surface area (Å²) in [4.78, 5) is 33.1. The molecule has 1 fully saturated rings. The number of hydrogen-bond acceptors (Lipinski definition) is 4. The third-order valence-electron chi connectivity index (χ3n) is 5.44. The molecule has 2 aromatic heterocycles. The van der Waals surface area contributed by atoms with E-state index in [4.69, 9.17) is 23.2 Å². The Labute approximate surface area is 176 Å². The highest BCUT2D eigenvalue weighted by molar-refractivity contribution is 7.19. The number of thiophene rings is 1. The van der Waals surface area contributed by atoms with Crippen LogP contribution in [0.2, 0.25) is 10.0 Å². The maximum absolute atomic E-state index is 13.5. The number of fused-ring (bicyclic) bond motifs is 1. The predicted octanol–water partition coefficient (Wildman–Crippen LogP) is 4.55. The molecule has 0 bridgehead atoms. The first-order valence-electron chi connectivity index (χ1n) is 9.34. The van der Waals surface area contributed by atoms with Crippen molar-refractivity contribution in [3.8, 4) is 11.1 Å². The number of likely N-dealkylation sites (tertiary alicyclic amines) is 1. The zero-order valence-electron chi connectivity index (χ0n) is 15.7. The maximum atomic E-state index is 13.5. The van der Waals surface area contributed by atoms with Crippen LogP contribution < -0.4 is 11.2 Å². The molecule has 1 aromatic carbocycles. The van der Waals surface area contributed by atoms with Gasteiger partial charge in [0.1, 0.15) is 4.83 Å². The number of aromatic nitrogens is 2. The first kappa shape index (κ1) is 19.7. The van der Waals surface area contributed by atoms with Gasteiger partial charge in [-0.05, 0) is 57.1 Å². The summed E-state index contributed by atoms with van der Waals surface area (Å²) < 4.78 is 1.42. The van der Waals surface area contributed by atoms with Gasteiger partial charge in [-0.15, -0.1) is 11.3 Å². The molecular weight excluding hydrogens is 417 g/mol. The molecule has 3 aromatic rings. The van der Waals surface area contributed by atoms with Gasteiger partial charge in [0.05, 0.1) is 15.4 Å². The van der Waals surface area contributed by atoms with Crippen molar-refractivity contribution in [2.75, 3.05) is 20.1 Å². The number of benzene rings is 1. The van der Waals surface area contributed by atoms with Gasteiger partial charge in [-0.1, -0.05) is 36.2 Å². The van der Waals surface area contributed by atoms with Crippen molar-refractivity contribution in [2.45, 2.75) is 32.2 Å². The highest BCUT2D eigenvalue weighted by Gasteiger charge is 2.25. The van der Waals surface area contributed by atoms with E-state index in [2.05, 4.69) is 16.9 Å². The van der Waals surface area contributed by atoms with Crippen molar-refractivity contribution in [1.29, 1.82) is 0 Å². The molecule has 148 valence electrons. The van der Waals surface area contributed by atoms with E-state index in [-0.39, 0.29) is 17.3 Å². The lowest BCUT2D eigenvalue weighted by molar-refractivity contribution is 0.216. The van der Waals surface area contributed by atoms with Crippen molar-refractivity contribution in [1.82, 2.24) is 14.5 Å². The van der Waals surface area contributed by atoms with E-state index < -0.39 is 0 Å². The summed E-state index contributed by atoms with van der Waals surface area (Å²) in [5.41, 5.74) is 1.16. The minimum Gasteiger partial charge on any atom is -0.306 e. The number of hydrogen-bond donors (Lipinski definition) is 1. The summed E-state index contributed by atoms with van der Waals surface area (Å²) in [7, 11) is 2.06. The molecule has 8 heteroatoms. The van der Waals surface area contributed by atoms with Gasteiger partial charge in [0, 0.05) is 16.5 Å². The molecule has 0 amide bonds. The smallest absolute Gasteiger partial charge is 0.306 e. The van der Waals surface area contributed by atoms with Crippen LogP contribution in [0.15, 0.2) is 27.8 Å². The number of H-pyrrole nitrogens is 1. The molecule has 0 radical (unpaired) electrons. The van der Waals surface area contributed by atoms with E-state index in [0.717, 1.165) is 48.4 Å². The van der Waals surface area contributed by atoms with Crippen LogP contribution in [-0.2, 0) is 6.42 Å². The summed E-state index contributed by atoms with van der Waals surface area (Å²) in [6.07, 6.45) is 2.33. The summed E-state index contributed by atoms with van der Waals surface area (Å²) in [5.74, 6) is 0. The lowest BCUT2D eigenvalue weighted by atomic mass is 10.0. The first-order valence-corrected chi connectivity index (χ1v) is 10.9. The molecule has 5 nitrogen and oxygen atoms in total. The van der Waals surface area contributed by atoms with Gasteiger partial charge < -0.3 is 4.90 Å². The number of rotatable bonds is 3. The molecule has 28 heavy (non-hydrogen) atoms. The molecule has 4 rings (SSSR count). The van der Waals surface area contributed by atoms with Crippen LogP contribution in [0.1, 0.15) is 30.7 Å². The molecule has 0 unspecified atom stereocenters. The minimum absolute atomic E-state index is 0.0801. The van der Waals surface area contributed by atoms with Crippen molar-refractivity contribution in [3.63, 3.8) is 0 Å².